The third-order valence-electron chi connectivity index (χ3n) is 5.22. The van der Waals surface area contributed by atoms with E-state index in [0.717, 1.165) is 5.56 Å². The molecule has 0 fully saturated rings. The molecule has 1 atom stereocenters. The van der Waals surface area contributed by atoms with Crippen LogP contribution in [0.15, 0.2) is 42.5 Å². The summed E-state index contributed by atoms with van der Waals surface area (Å²) in [5.41, 5.74) is 2.57. The molecule has 0 bridgehead atoms. The number of benzene rings is 2. The molecule has 1 aliphatic heterocycles. The molecule has 2 aromatic carbocycles. The van der Waals surface area contributed by atoms with E-state index in [1.807, 2.05) is 19.1 Å². The normalized spacial score (nSPS) is 14.2. The Morgan fingerprint density at radius 3 is 2.34 bits per heavy atom. The lowest BCUT2D eigenvalue weighted by Gasteiger charge is -2.29. The zero-order valence-corrected chi connectivity index (χ0v) is 17.2. The topological polar surface area (TPSA) is 75.7 Å². The average molecular weight is 394 g/mol. The first kappa shape index (κ1) is 20.6. The fourth-order valence-electron chi connectivity index (χ4n) is 3.00. The number of fused-ring (bicyclic) bond motifs is 1. The molecule has 2 aromatic rings. The van der Waals surface area contributed by atoms with E-state index in [-0.39, 0.29) is 30.2 Å². The summed E-state index contributed by atoms with van der Waals surface area (Å²) in [6.07, 6.45) is 0. The molecule has 29 heavy (non-hydrogen) atoms. The molecule has 152 valence electrons. The number of rotatable bonds is 6. The standard InChI is InChI=1S/C23H26N2O4/c1-14(2)15(3)24-23(28)18-7-5-17(6-8-18)12-25-20-11-19(16(4)26)9-10-21(20)29-13-22(25)27/h5-11,14-15H,12-13H2,1-4H3,(H,24,28)/t15-/m0/s1. The first-order valence-corrected chi connectivity index (χ1v) is 9.74. The lowest BCUT2D eigenvalue weighted by atomic mass is 10.0. The van der Waals surface area contributed by atoms with Crippen LogP contribution in [0.4, 0.5) is 5.69 Å². The molecule has 1 heterocycles. The number of hydrogen-bond acceptors (Lipinski definition) is 4. The lowest BCUT2D eigenvalue weighted by molar-refractivity contribution is -0.121. The number of carbonyl (C=O) groups is 3. The van der Waals surface area contributed by atoms with Crippen molar-refractivity contribution < 1.29 is 19.1 Å². The van der Waals surface area contributed by atoms with Crippen molar-refractivity contribution in [3.63, 3.8) is 0 Å². The molecule has 0 unspecified atom stereocenters. The van der Waals surface area contributed by atoms with E-state index < -0.39 is 0 Å². The molecule has 6 nitrogen and oxygen atoms in total. The SMILES string of the molecule is CC(=O)c1ccc2c(c1)N(Cc1ccc(C(=O)N[C@@H](C)C(C)C)cc1)C(=O)CO2. The third-order valence-corrected chi connectivity index (χ3v) is 5.22. The summed E-state index contributed by atoms with van der Waals surface area (Å²) in [5, 5.41) is 2.98. The highest BCUT2D eigenvalue weighted by Crippen LogP contribution is 2.34. The van der Waals surface area contributed by atoms with Gasteiger partial charge in [0.25, 0.3) is 11.8 Å². The van der Waals surface area contributed by atoms with Crippen LogP contribution in [0.5, 0.6) is 5.75 Å². The van der Waals surface area contributed by atoms with E-state index in [1.165, 1.54) is 6.92 Å². The number of ether oxygens (including phenoxy) is 1. The molecule has 0 aliphatic carbocycles. The van der Waals surface area contributed by atoms with Crippen LogP contribution in [0.1, 0.15) is 54.0 Å². The van der Waals surface area contributed by atoms with Gasteiger partial charge in [-0.2, -0.15) is 0 Å². The van der Waals surface area contributed by atoms with Gasteiger partial charge in [0.2, 0.25) is 0 Å². The van der Waals surface area contributed by atoms with Crippen LogP contribution in [0.3, 0.4) is 0 Å². The maximum absolute atomic E-state index is 12.5. The summed E-state index contributed by atoms with van der Waals surface area (Å²) in [4.78, 5) is 38.1. The Hall–Kier alpha value is -3.15. The van der Waals surface area contributed by atoms with Crippen molar-refractivity contribution in [3.8, 4) is 5.75 Å². The van der Waals surface area contributed by atoms with Crippen molar-refractivity contribution in [1.82, 2.24) is 5.32 Å². The molecule has 1 N–H and O–H groups in total. The molecule has 0 saturated heterocycles. The minimum Gasteiger partial charge on any atom is -0.482 e. The molecule has 0 saturated carbocycles. The van der Waals surface area contributed by atoms with Crippen LogP contribution in [0, 0.1) is 5.92 Å². The average Bonchev–Trinajstić information content (AvgIpc) is 2.70. The fourth-order valence-corrected chi connectivity index (χ4v) is 3.00. The number of hydrogen-bond donors (Lipinski definition) is 1. The Morgan fingerprint density at radius 2 is 1.72 bits per heavy atom. The minimum absolute atomic E-state index is 0.0417. The van der Waals surface area contributed by atoms with E-state index in [9.17, 15) is 14.4 Å². The number of Topliss-reactive ketones (excluding diaryl/α,β-unsaturated/α-hetero) is 1. The first-order chi connectivity index (χ1) is 13.8. The van der Waals surface area contributed by atoms with E-state index in [4.69, 9.17) is 4.74 Å². The predicted octanol–water partition coefficient (Wildman–Crippen LogP) is 3.59. The molecular weight excluding hydrogens is 368 g/mol. The highest BCUT2D eigenvalue weighted by molar-refractivity contribution is 6.01. The van der Waals surface area contributed by atoms with Crippen molar-refractivity contribution in [2.75, 3.05) is 11.5 Å². The van der Waals surface area contributed by atoms with E-state index in [1.54, 1.807) is 35.2 Å². The highest BCUT2D eigenvalue weighted by atomic mass is 16.5. The second-order valence-corrected chi connectivity index (χ2v) is 7.71. The van der Waals surface area contributed by atoms with Gasteiger partial charge >= 0.3 is 0 Å². The van der Waals surface area contributed by atoms with Gasteiger partial charge in [-0.15, -0.1) is 0 Å². The maximum Gasteiger partial charge on any atom is 0.265 e. The Morgan fingerprint density at radius 1 is 1.07 bits per heavy atom. The number of carbonyl (C=O) groups excluding carboxylic acids is 3. The van der Waals surface area contributed by atoms with E-state index in [0.29, 0.717) is 35.0 Å². The van der Waals surface area contributed by atoms with Crippen LogP contribution in [-0.4, -0.2) is 30.2 Å². The fraction of sp³-hybridized carbons (Fsp3) is 0.348. The molecule has 0 spiro atoms. The molecule has 0 radical (unpaired) electrons. The minimum atomic E-state index is -0.175. The number of nitrogens with zero attached hydrogens (tertiary/aromatic N) is 1. The van der Waals surface area contributed by atoms with Gasteiger partial charge in [-0.05, 0) is 55.7 Å². The van der Waals surface area contributed by atoms with Crippen LogP contribution >= 0.6 is 0 Å². The largest absolute Gasteiger partial charge is 0.482 e. The maximum atomic E-state index is 12.5. The van der Waals surface area contributed by atoms with Crippen molar-refractivity contribution in [2.24, 2.45) is 5.92 Å². The van der Waals surface area contributed by atoms with Gasteiger partial charge in [-0.25, -0.2) is 0 Å². The summed E-state index contributed by atoms with van der Waals surface area (Å²) >= 11 is 0. The molecule has 0 aromatic heterocycles. The van der Waals surface area contributed by atoms with Gasteiger partial charge in [0.05, 0.1) is 12.2 Å². The van der Waals surface area contributed by atoms with Gasteiger partial charge in [-0.1, -0.05) is 26.0 Å². The second-order valence-electron chi connectivity index (χ2n) is 7.71. The molecular formula is C23H26N2O4. The number of nitrogens with one attached hydrogen (secondary N) is 1. The van der Waals surface area contributed by atoms with E-state index >= 15 is 0 Å². The molecule has 3 rings (SSSR count). The van der Waals surface area contributed by atoms with Crippen molar-refractivity contribution in [1.29, 1.82) is 0 Å². The Kier molecular flexibility index (Phi) is 6.01. The summed E-state index contributed by atoms with van der Waals surface area (Å²) in [5.74, 6) is 0.568. The van der Waals surface area contributed by atoms with Gasteiger partial charge in [0.15, 0.2) is 12.4 Å². The molecule has 2 amide bonds. The van der Waals surface area contributed by atoms with Gasteiger partial charge in [0.1, 0.15) is 5.75 Å². The lowest BCUT2D eigenvalue weighted by Crippen LogP contribution is -2.38. The van der Waals surface area contributed by atoms with Crippen LogP contribution in [0.25, 0.3) is 0 Å². The smallest absolute Gasteiger partial charge is 0.265 e. The first-order valence-electron chi connectivity index (χ1n) is 9.74. The van der Waals surface area contributed by atoms with Crippen LogP contribution < -0.4 is 15.0 Å². The second kappa shape index (κ2) is 8.47. The number of ketones is 1. The van der Waals surface area contributed by atoms with Gasteiger partial charge < -0.3 is 15.0 Å². The van der Waals surface area contributed by atoms with Crippen molar-refractivity contribution in [2.45, 2.75) is 40.3 Å². The van der Waals surface area contributed by atoms with Crippen LogP contribution in [0.2, 0.25) is 0 Å². The number of anilines is 1. The molecule has 1 aliphatic rings. The predicted molar refractivity (Wildman–Crippen MR) is 111 cm³/mol. The Balaban J connectivity index is 1.78. The zero-order chi connectivity index (χ0) is 21.1. The zero-order valence-electron chi connectivity index (χ0n) is 17.2. The van der Waals surface area contributed by atoms with E-state index in [2.05, 4.69) is 19.2 Å². The van der Waals surface area contributed by atoms with Crippen LogP contribution in [-0.2, 0) is 11.3 Å². The third kappa shape index (κ3) is 4.65. The summed E-state index contributed by atoms with van der Waals surface area (Å²) in [7, 11) is 0. The summed E-state index contributed by atoms with van der Waals surface area (Å²) in [6.45, 7) is 7.88. The monoisotopic (exact) mass is 394 g/mol. The Labute approximate surface area is 170 Å². The highest BCUT2D eigenvalue weighted by Gasteiger charge is 2.26. The number of amides is 2. The summed E-state index contributed by atoms with van der Waals surface area (Å²) in [6, 6.07) is 12.4. The summed E-state index contributed by atoms with van der Waals surface area (Å²) < 4.78 is 5.49. The quantitative estimate of drug-likeness (QED) is 0.760. The molecule has 6 heteroatoms. The van der Waals surface area contributed by atoms with Gasteiger partial charge in [0, 0.05) is 17.2 Å². The van der Waals surface area contributed by atoms with Crippen molar-refractivity contribution in [3.05, 3.63) is 59.2 Å². The van der Waals surface area contributed by atoms with Gasteiger partial charge in [-0.3, -0.25) is 14.4 Å². The Bertz CT molecular complexity index is 934. The van der Waals surface area contributed by atoms with Crippen molar-refractivity contribution >= 4 is 23.3 Å².